The maximum absolute atomic E-state index is 13.9. The first-order valence-electron chi connectivity index (χ1n) is 5.63. The Morgan fingerprint density at radius 2 is 1.84 bits per heavy atom. The van der Waals surface area contributed by atoms with Gasteiger partial charge < -0.3 is 5.11 Å². The summed E-state index contributed by atoms with van der Waals surface area (Å²) in [7, 11) is 0. The van der Waals surface area contributed by atoms with E-state index in [4.69, 9.17) is 16.9 Å². The van der Waals surface area contributed by atoms with Crippen LogP contribution in [0.1, 0.15) is 23.6 Å². The second-order valence-electron chi connectivity index (χ2n) is 4.39. The lowest BCUT2D eigenvalue weighted by Crippen LogP contribution is -2.24. The van der Waals surface area contributed by atoms with Crippen molar-refractivity contribution in [2.75, 3.05) is 0 Å². The Bertz CT molecular complexity index is 644. The van der Waals surface area contributed by atoms with Gasteiger partial charge in [-0.2, -0.15) is 5.26 Å². The fourth-order valence-electron chi connectivity index (χ4n) is 1.91. The Labute approximate surface area is 115 Å². The van der Waals surface area contributed by atoms with Crippen molar-refractivity contribution in [3.63, 3.8) is 0 Å². The molecular weight excluding hydrogens is 265 g/mol. The minimum Gasteiger partial charge on any atom is -0.381 e. The minimum absolute atomic E-state index is 0.140. The zero-order chi connectivity index (χ0) is 14.0. The highest BCUT2D eigenvalue weighted by Gasteiger charge is 2.28. The van der Waals surface area contributed by atoms with Gasteiger partial charge in [0.25, 0.3) is 0 Å². The zero-order valence-corrected chi connectivity index (χ0v) is 10.9. The van der Waals surface area contributed by atoms with Gasteiger partial charge in [0.15, 0.2) is 0 Å². The van der Waals surface area contributed by atoms with Gasteiger partial charge in [-0.25, -0.2) is 4.39 Å². The van der Waals surface area contributed by atoms with Gasteiger partial charge in [-0.15, -0.1) is 0 Å². The molecular formula is C15H11ClFNO. The van der Waals surface area contributed by atoms with Gasteiger partial charge in [-0.05, 0) is 36.8 Å². The second-order valence-corrected chi connectivity index (χ2v) is 4.82. The van der Waals surface area contributed by atoms with Gasteiger partial charge >= 0.3 is 0 Å². The number of hydrogen-bond donors (Lipinski definition) is 1. The molecule has 0 aliphatic rings. The number of aliphatic hydroxyl groups is 1. The summed E-state index contributed by atoms with van der Waals surface area (Å²) in [5.74, 6) is -0.568. The molecule has 1 atom stereocenters. The van der Waals surface area contributed by atoms with E-state index in [1.54, 1.807) is 24.3 Å². The second kappa shape index (κ2) is 5.00. The molecule has 2 aromatic rings. The lowest BCUT2D eigenvalue weighted by molar-refractivity contribution is 0.0979. The largest absolute Gasteiger partial charge is 0.381 e. The Balaban J connectivity index is 2.48. The Kier molecular flexibility index (Phi) is 3.57. The van der Waals surface area contributed by atoms with E-state index in [1.807, 2.05) is 6.07 Å². The Morgan fingerprint density at radius 3 is 2.37 bits per heavy atom. The molecule has 0 saturated heterocycles. The molecule has 0 aliphatic carbocycles. The van der Waals surface area contributed by atoms with Crippen LogP contribution in [0.15, 0.2) is 42.5 Å². The molecule has 0 aromatic heterocycles. The predicted octanol–water partition coefficient (Wildman–Crippen LogP) is 3.61. The number of hydrogen-bond acceptors (Lipinski definition) is 2. The molecule has 0 saturated carbocycles. The van der Waals surface area contributed by atoms with Gasteiger partial charge in [0, 0.05) is 10.6 Å². The van der Waals surface area contributed by atoms with E-state index < -0.39 is 11.4 Å². The van der Waals surface area contributed by atoms with Crippen LogP contribution in [0.3, 0.4) is 0 Å². The molecule has 2 nitrogen and oxygen atoms in total. The summed E-state index contributed by atoms with van der Waals surface area (Å²) in [4.78, 5) is 0. The normalized spacial score (nSPS) is 13.6. The molecule has 0 fully saturated rings. The van der Waals surface area contributed by atoms with Crippen LogP contribution in [0, 0.1) is 17.1 Å². The van der Waals surface area contributed by atoms with Crippen LogP contribution in [-0.2, 0) is 5.60 Å². The van der Waals surface area contributed by atoms with E-state index in [0.29, 0.717) is 11.1 Å². The first-order chi connectivity index (χ1) is 8.95. The summed E-state index contributed by atoms with van der Waals surface area (Å²) in [5.41, 5.74) is -0.353. The van der Waals surface area contributed by atoms with Crippen molar-refractivity contribution < 1.29 is 9.50 Å². The van der Waals surface area contributed by atoms with Gasteiger partial charge in [-0.3, -0.25) is 0 Å². The molecule has 0 spiro atoms. The van der Waals surface area contributed by atoms with Crippen LogP contribution in [0.2, 0.25) is 5.02 Å². The van der Waals surface area contributed by atoms with E-state index in [1.165, 1.54) is 19.1 Å². The number of halogens is 2. The Morgan fingerprint density at radius 1 is 1.21 bits per heavy atom. The molecule has 1 N–H and O–H groups in total. The highest BCUT2D eigenvalue weighted by molar-refractivity contribution is 6.30. The molecule has 96 valence electrons. The van der Waals surface area contributed by atoms with Crippen molar-refractivity contribution in [3.8, 4) is 6.07 Å². The highest BCUT2D eigenvalue weighted by atomic mass is 35.5. The van der Waals surface area contributed by atoms with Gasteiger partial charge in [0.2, 0.25) is 0 Å². The molecule has 0 radical (unpaired) electrons. The molecule has 19 heavy (non-hydrogen) atoms. The smallest absolute Gasteiger partial charge is 0.131 e. The quantitative estimate of drug-likeness (QED) is 0.910. The molecule has 1 unspecified atom stereocenters. The van der Waals surface area contributed by atoms with Crippen LogP contribution in [0.5, 0.6) is 0 Å². The predicted molar refractivity (Wildman–Crippen MR) is 71.2 cm³/mol. The summed E-state index contributed by atoms with van der Waals surface area (Å²) < 4.78 is 13.9. The maximum atomic E-state index is 13.9. The highest BCUT2D eigenvalue weighted by Crippen LogP contribution is 2.32. The van der Waals surface area contributed by atoms with E-state index in [-0.39, 0.29) is 10.6 Å². The topological polar surface area (TPSA) is 44.0 Å². The fourth-order valence-corrected chi connectivity index (χ4v) is 2.07. The fraction of sp³-hybridized carbons (Fsp3) is 0.133. The summed E-state index contributed by atoms with van der Waals surface area (Å²) in [6.07, 6.45) is 0. The number of benzene rings is 2. The van der Waals surface area contributed by atoms with Crippen molar-refractivity contribution >= 4 is 11.6 Å². The molecule has 2 rings (SSSR count). The van der Waals surface area contributed by atoms with Crippen LogP contribution < -0.4 is 0 Å². The van der Waals surface area contributed by atoms with E-state index in [0.717, 1.165) is 6.07 Å². The average molecular weight is 276 g/mol. The molecule has 0 aliphatic heterocycles. The summed E-state index contributed by atoms with van der Waals surface area (Å²) in [6.45, 7) is 1.50. The first kappa shape index (κ1) is 13.5. The van der Waals surface area contributed by atoms with Gasteiger partial charge in [0.05, 0.1) is 11.6 Å². The Hall–Kier alpha value is -1.89. The number of nitrogens with zero attached hydrogens (tertiary/aromatic N) is 1. The minimum atomic E-state index is -1.48. The van der Waals surface area contributed by atoms with Crippen molar-refractivity contribution in [1.82, 2.24) is 0 Å². The molecule has 0 amide bonds. The summed E-state index contributed by atoms with van der Waals surface area (Å²) in [5, 5.41) is 19.5. The lowest BCUT2D eigenvalue weighted by atomic mass is 9.87. The standard InChI is InChI=1S/C15H11ClFNO/c1-15(19,11-4-2-10(9-18)3-5-11)13-7-6-12(16)8-14(13)17/h2-8,19H,1H3. The van der Waals surface area contributed by atoms with Crippen LogP contribution in [-0.4, -0.2) is 5.11 Å². The van der Waals surface area contributed by atoms with Crippen molar-refractivity contribution in [3.05, 3.63) is 70.0 Å². The zero-order valence-electron chi connectivity index (χ0n) is 10.2. The van der Waals surface area contributed by atoms with E-state index >= 15 is 0 Å². The molecule has 2 aromatic carbocycles. The number of rotatable bonds is 2. The van der Waals surface area contributed by atoms with Crippen molar-refractivity contribution in [2.45, 2.75) is 12.5 Å². The van der Waals surface area contributed by atoms with Crippen LogP contribution in [0.4, 0.5) is 4.39 Å². The van der Waals surface area contributed by atoms with Gasteiger partial charge in [-0.1, -0.05) is 29.8 Å². The van der Waals surface area contributed by atoms with Crippen LogP contribution >= 0.6 is 11.6 Å². The molecule has 4 heteroatoms. The third-order valence-corrected chi connectivity index (χ3v) is 3.27. The maximum Gasteiger partial charge on any atom is 0.131 e. The SMILES string of the molecule is CC(O)(c1ccc(C#N)cc1)c1ccc(Cl)cc1F. The van der Waals surface area contributed by atoms with Gasteiger partial charge in [0.1, 0.15) is 11.4 Å². The van der Waals surface area contributed by atoms with Crippen molar-refractivity contribution in [1.29, 1.82) is 5.26 Å². The summed E-state index contributed by atoms with van der Waals surface area (Å²) in [6, 6.07) is 12.5. The molecule has 0 heterocycles. The molecule has 0 bridgehead atoms. The number of nitriles is 1. The van der Waals surface area contributed by atoms with Crippen molar-refractivity contribution in [2.24, 2.45) is 0 Å². The van der Waals surface area contributed by atoms with E-state index in [9.17, 15) is 9.50 Å². The first-order valence-corrected chi connectivity index (χ1v) is 6.01. The van der Waals surface area contributed by atoms with Crippen LogP contribution in [0.25, 0.3) is 0 Å². The third-order valence-electron chi connectivity index (χ3n) is 3.03. The lowest BCUT2D eigenvalue weighted by Gasteiger charge is -2.25. The third kappa shape index (κ3) is 2.60. The van der Waals surface area contributed by atoms with E-state index in [2.05, 4.69) is 0 Å². The summed E-state index contributed by atoms with van der Waals surface area (Å²) >= 11 is 5.69. The monoisotopic (exact) mass is 275 g/mol. The average Bonchev–Trinajstić information content (AvgIpc) is 2.38.